The second-order valence-corrected chi connectivity index (χ2v) is 4.36. The third-order valence-corrected chi connectivity index (χ3v) is 2.78. The van der Waals surface area contributed by atoms with Crippen LogP contribution < -0.4 is 0 Å². The van der Waals surface area contributed by atoms with E-state index >= 15 is 0 Å². The molecule has 12 heavy (non-hydrogen) atoms. The van der Waals surface area contributed by atoms with Crippen molar-refractivity contribution < 1.29 is 4.18 Å². The van der Waals surface area contributed by atoms with Crippen molar-refractivity contribution in [1.29, 1.82) is 0 Å². The van der Waals surface area contributed by atoms with Crippen LogP contribution in [0.4, 0.5) is 0 Å². The fourth-order valence-electron chi connectivity index (χ4n) is 1.27. The minimum Gasteiger partial charge on any atom is -0.319 e. The van der Waals surface area contributed by atoms with Gasteiger partial charge in [-0.15, -0.1) is 0 Å². The Bertz CT molecular complexity index is 85.9. The highest BCUT2D eigenvalue weighted by Crippen LogP contribution is 2.15. The highest BCUT2D eigenvalue weighted by molar-refractivity contribution is 7.94. The van der Waals surface area contributed by atoms with Gasteiger partial charge in [0.1, 0.15) is 0 Å². The molecule has 1 atom stereocenters. The monoisotopic (exact) mass is 190 g/mol. The van der Waals surface area contributed by atoms with E-state index in [0.717, 1.165) is 11.7 Å². The van der Waals surface area contributed by atoms with Crippen LogP contribution in [0.5, 0.6) is 0 Å². The van der Waals surface area contributed by atoms with Gasteiger partial charge in [0.2, 0.25) is 0 Å². The molecule has 0 bridgehead atoms. The summed E-state index contributed by atoms with van der Waals surface area (Å²) in [4.78, 5) is 0. The van der Waals surface area contributed by atoms with Gasteiger partial charge in [-0.25, -0.2) is 0 Å². The Morgan fingerprint density at radius 2 is 1.92 bits per heavy atom. The third-order valence-electron chi connectivity index (χ3n) is 2.09. The van der Waals surface area contributed by atoms with E-state index in [1.165, 1.54) is 32.1 Å². The molecule has 0 aliphatic rings. The summed E-state index contributed by atoms with van der Waals surface area (Å²) in [5.41, 5.74) is 0. The van der Waals surface area contributed by atoms with Crippen molar-refractivity contribution in [2.45, 2.75) is 46.0 Å². The molecule has 0 unspecified atom stereocenters. The Kier molecular flexibility index (Phi) is 9.64. The molecular weight excluding hydrogens is 168 g/mol. The normalized spacial score (nSPS) is 13.2. The van der Waals surface area contributed by atoms with Crippen LogP contribution >= 0.6 is 12.0 Å². The first kappa shape index (κ1) is 12.3. The van der Waals surface area contributed by atoms with E-state index in [2.05, 4.69) is 13.8 Å². The molecule has 0 aromatic rings. The first-order valence-electron chi connectivity index (χ1n) is 4.96. The molecule has 0 radical (unpaired) electrons. The van der Waals surface area contributed by atoms with Crippen molar-refractivity contribution in [3.8, 4) is 0 Å². The molecule has 0 aliphatic carbocycles. The van der Waals surface area contributed by atoms with Gasteiger partial charge in [-0.05, 0) is 30.8 Å². The molecule has 1 nitrogen and oxygen atoms in total. The molecule has 0 rings (SSSR count). The maximum absolute atomic E-state index is 4.92. The van der Waals surface area contributed by atoms with Crippen LogP contribution in [-0.2, 0) is 4.18 Å². The van der Waals surface area contributed by atoms with E-state index in [-0.39, 0.29) is 0 Å². The Morgan fingerprint density at radius 1 is 1.25 bits per heavy atom. The Balaban J connectivity index is 3.02. The van der Waals surface area contributed by atoms with Crippen molar-refractivity contribution >= 4 is 12.0 Å². The van der Waals surface area contributed by atoms with Crippen LogP contribution in [0.15, 0.2) is 0 Å². The molecule has 0 heterocycles. The average Bonchev–Trinajstić information content (AvgIpc) is 2.09. The second kappa shape index (κ2) is 9.40. The lowest BCUT2D eigenvalue weighted by Crippen LogP contribution is -1.95. The fourth-order valence-corrected chi connectivity index (χ4v) is 1.72. The zero-order valence-electron chi connectivity index (χ0n) is 8.64. The van der Waals surface area contributed by atoms with E-state index in [4.69, 9.17) is 4.18 Å². The average molecular weight is 190 g/mol. The molecule has 0 amide bonds. The molecule has 0 N–H and O–H groups in total. The summed E-state index contributed by atoms with van der Waals surface area (Å²) in [6.45, 7) is 4.61. The quantitative estimate of drug-likeness (QED) is 0.424. The summed E-state index contributed by atoms with van der Waals surface area (Å²) in [6, 6.07) is 0. The van der Waals surface area contributed by atoms with Crippen molar-refractivity contribution in [3.63, 3.8) is 0 Å². The SMILES string of the molecule is CCCC[C@@H](C)CCCSOC. The van der Waals surface area contributed by atoms with Crippen LogP contribution in [0.25, 0.3) is 0 Å². The van der Waals surface area contributed by atoms with Gasteiger partial charge in [0, 0.05) is 5.75 Å². The maximum atomic E-state index is 4.92. The number of rotatable bonds is 8. The lowest BCUT2D eigenvalue weighted by atomic mass is 10.00. The number of hydrogen-bond donors (Lipinski definition) is 0. The molecule has 0 spiro atoms. The highest BCUT2D eigenvalue weighted by Gasteiger charge is 2.00. The van der Waals surface area contributed by atoms with Crippen LogP contribution in [-0.4, -0.2) is 12.9 Å². The van der Waals surface area contributed by atoms with Gasteiger partial charge >= 0.3 is 0 Å². The topological polar surface area (TPSA) is 9.23 Å². The molecule has 2 heteroatoms. The van der Waals surface area contributed by atoms with E-state index in [9.17, 15) is 0 Å². The van der Waals surface area contributed by atoms with Crippen LogP contribution in [0.2, 0.25) is 0 Å². The first-order valence-corrected chi connectivity index (χ1v) is 5.88. The molecular formula is C10H22OS. The minimum absolute atomic E-state index is 0.905. The van der Waals surface area contributed by atoms with Crippen molar-refractivity contribution in [2.24, 2.45) is 5.92 Å². The van der Waals surface area contributed by atoms with Crippen LogP contribution in [0.3, 0.4) is 0 Å². The predicted octanol–water partition coefficient (Wildman–Crippen LogP) is 3.89. The summed E-state index contributed by atoms with van der Waals surface area (Å²) >= 11 is 1.57. The number of unbranched alkanes of at least 4 members (excludes halogenated alkanes) is 1. The molecule has 0 aromatic carbocycles. The Hall–Kier alpha value is 0.310. The first-order chi connectivity index (χ1) is 5.81. The van der Waals surface area contributed by atoms with E-state index in [1.54, 1.807) is 19.2 Å². The van der Waals surface area contributed by atoms with E-state index < -0.39 is 0 Å². The second-order valence-electron chi connectivity index (χ2n) is 3.38. The van der Waals surface area contributed by atoms with Crippen LogP contribution in [0.1, 0.15) is 46.0 Å². The molecule has 0 fully saturated rings. The fraction of sp³-hybridized carbons (Fsp3) is 1.00. The number of hydrogen-bond acceptors (Lipinski definition) is 2. The van der Waals surface area contributed by atoms with Crippen molar-refractivity contribution in [1.82, 2.24) is 0 Å². The van der Waals surface area contributed by atoms with Gasteiger partial charge in [0.25, 0.3) is 0 Å². The van der Waals surface area contributed by atoms with Crippen molar-refractivity contribution in [3.05, 3.63) is 0 Å². The molecule has 0 saturated heterocycles. The Morgan fingerprint density at radius 3 is 2.50 bits per heavy atom. The van der Waals surface area contributed by atoms with Gasteiger partial charge in [0.05, 0.1) is 7.11 Å². The summed E-state index contributed by atoms with van der Waals surface area (Å²) in [6.07, 6.45) is 6.77. The molecule has 0 aliphatic heterocycles. The lowest BCUT2D eigenvalue weighted by molar-refractivity contribution is 0.460. The molecule has 74 valence electrons. The van der Waals surface area contributed by atoms with Crippen molar-refractivity contribution in [2.75, 3.05) is 12.9 Å². The third kappa shape index (κ3) is 8.41. The van der Waals surface area contributed by atoms with Gasteiger partial charge in [-0.1, -0.05) is 33.1 Å². The Labute approximate surface area is 81.5 Å². The lowest BCUT2D eigenvalue weighted by Gasteiger charge is -2.09. The zero-order chi connectivity index (χ0) is 9.23. The molecule has 0 aromatic heterocycles. The van der Waals surface area contributed by atoms with E-state index in [1.807, 2.05) is 0 Å². The van der Waals surface area contributed by atoms with Gasteiger partial charge < -0.3 is 4.18 Å². The molecule has 0 saturated carbocycles. The largest absolute Gasteiger partial charge is 0.319 e. The van der Waals surface area contributed by atoms with Gasteiger partial charge in [-0.3, -0.25) is 0 Å². The maximum Gasteiger partial charge on any atom is 0.0503 e. The predicted molar refractivity (Wildman–Crippen MR) is 57.4 cm³/mol. The minimum atomic E-state index is 0.905. The summed E-state index contributed by atoms with van der Waals surface area (Å²) in [5, 5.41) is 0. The summed E-state index contributed by atoms with van der Waals surface area (Å²) in [7, 11) is 1.74. The van der Waals surface area contributed by atoms with E-state index in [0.29, 0.717) is 0 Å². The zero-order valence-corrected chi connectivity index (χ0v) is 9.45. The summed E-state index contributed by atoms with van der Waals surface area (Å²) < 4.78 is 4.92. The smallest absolute Gasteiger partial charge is 0.0503 e. The van der Waals surface area contributed by atoms with Crippen LogP contribution in [0, 0.1) is 5.92 Å². The van der Waals surface area contributed by atoms with Gasteiger partial charge in [-0.2, -0.15) is 0 Å². The van der Waals surface area contributed by atoms with Gasteiger partial charge in [0.15, 0.2) is 0 Å². The summed E-state index contributed by atoms with van der Waals surface area (Å²) in [5.74, 6) is 2.05. The highest BCUT2D eigenvalue weighted by atomic mass is 32.2. The standard InChI is InChI=1S/C10H22OS/c1-4-5-7-10(2)8-6-9-12-11-3/h10H,4-9H2,1-3H3/t10-/m1/s1.